The van der Waals surface area contributed by atoms with Gasteiger partial charge in [0.15, 0.2) is 5.96 Å². The highest BCUT2D eigenvalue weighted by Gasteiger charge is 2.13. The molecule has 0 fully saturated rings. The van der Waals surface area contributed by atoms with E-state index < -0.39 is 0 Å². The fraction of sp³-hybridized carbons (Fsp3) is 0.350. The second-order valence-corrected chi connectivity index (χ2v) is 6.28. The van der Waals surface area contributed by atoms with Crippen molar-refractivity contribution in [1.29, 1.82) is 0 Å². The van der Waals surface area contributed by atoms with Gasteiger partial charge in [-0.15, -0.1) is 24.0 Å². The molecular weight excluding hydrogens is 425 g/mol. The van der Waals surface area contributed by atoms with Gasteiger partial charge in [-0.25, -0.2) is 4.99 Å². The number of aryl methyl sites for hydroxylation is 2. The molecule has 0 aromatic heterocycles. The summed E-state index contributed by atoms with van der Waals surface area (Å²) in [5.74, 6) is 1.35. The average Bonchev–Trinajstić information content (AvgIpc) is 2.60. The van der Waals surface area contributed by atoms with Gasteiger partial charge in [-0.1, -0.05) is 24.3 Å². The normalized spacial score (nSPS) is 13.6. The van der Waals surface area contributed by atoms with E-state index >= 15 is 0 Å². The fourth-order valence-electron chi connectivity index (χ4n) is 3.29. The molecule has 5 heteroatoms. The molecule has 0 atom stereocenters. The van der Waals surface area contributed by atoms with E-state index in [-0.39, 0.29) is 24.0 Å². The van der Waals surface area contributed by atoms with Gasteiger partial charge in [-0.3, -0.25) is 0 Å². The van der Waals surface area contributed by atoms with Crippen molar-refractivity contribution in [3.05, 3.63) is 58.7 Å². The number of nitrogens with two attached hydrogens (primary N) is 1. The van der Waals surface area contributed by atoms with Crippen molar-refractivity contribution in [3.63, 3.8) is 0 Å². The largest absolute Gasteiger partial charge is 0.496 e. The van der Waals surface area contributed by atoms with E-state index in [0.29, 0.717) is 12.5 Å². The molecule has 0 aliphatic heterocycles. The minimum absolute atomic E-state index is 0. The van der Waals surface area contributed by atoms with Crippen LogP contribution in [0.2, 0.25) is 0 Å². The van der Waals surface area contributed by atoms with E-state index in [1.54, 1.807) is 7.11 Å². The van der Waals surface area contributed by atoms with Crippen LogP contribution >= 0.6 is 24.0 Å². The molecule has 1 aliphatic rings. The van der Waals surface area contributed by atoms with Crippen molar-refractivity contribution in [1.82, 2.24) is 0 Å². The van der Waals surface area contributed by atoms with Crippen LogP contribution in [-0.4, -0.2) is 13.1 Å². The number of nitrogens with zero attached hydrogens (tertiary/aromatic N) is 1. The highest BCUT2D eigenvalue weighted by molar-refractivity contribution is 14.0. The van der Waals surface area contributed by atoms with Crippen molar-refractivity contribution in [3.8, 4) is 5.75 Å². The molecule has 0 bridgehead atoms. The molecule has 134 valence electrons. The fourth-order valence-corrected chi connectivity index (χ4v) is 3.29. The Hall–Kier alpha value is -1.76. The average molecular weight is 451 g/mol. The first-order valence-electron chi connectivity index (χ1n) is 8.48. The van der Waals surface area contributed by atoms with Gasteiger partial charge in [0.25, 0.3) is 0 Å². The smallest absolute Gasteiger partial charge is 0.193 e. The van der Waals surface area contributed by atoms with Crippen LogP contribution < -0.4 is 15.8 Å². The summed E-state index contributed by atoms with van der Waals surface area (Å²) in [6, 6.07) is 12.5. The molecule has 2 aromatic rings. The Kier molecular flexibility index (Phi) is 7.11. The number of fused-ring (bicyclic) bond motifs is 1. The zero-order valence-electron chi connectivity index (χ0n) is 14.8. The van der Waals surface area contributed by atoms with Crippen LogP contribution in [0.5, 0.6) is 5.75 Å². The number of halogens is 1. The quantitative estimate of drug-likeness (QED) is 0.411. The second-order valence-electron chi connectivity index (χ2n) is 6.28. The maximum absolute atomic E-state index is 6.10. The first-order valence-corrected chi connectivity index (χ1v) is 8.48. The number of nitrogens with one attached hydrogen (secondary N) is 1. The summed E-state index contributed by atoms with van der Waals surface area (Å²) in [7, 11) is 1.68. The van der Waals surface area contributed by atoms with Crippen LogP contribution in [0.4, 0.5) is 5.69 Å². The standard InChI is InChI=1S/C20H25N3O.HI/c1-14-12-15(10-11-19(14)24-2)13-22-20(21)23-18-9-5-7-16-6-3-4-8-17(16)18;/h5,7,9-12H,3-4,6,8,13H2,1-2H3,(H3,21,22,23);1H. The summed E-state index contributed by atoms with van der Waals surface area (Å²) in [5, 5.41) is 3.28. The van der Waals surface area contributed by atoms with Crippen LogP contribution in [-0.2, 0) is 19.4 Å². The maximum Gasteiger partial charge on any atom is 0.193 e. The van der Waals surface area contributed by atoms with Gasteiger partial charge in [0.2, 0.25) is 0 Å². The van der Waals surface area contributed by atoms with E-state index in [4.69, 9.17) is 10.5 Å². The summed E-state index contributed by atoms with van der Waals surface area (Å²) in [6.45, 7) is 2.59. The highest BCUT2D eigenvalue weighted by atomic mass is 127. The van der Waals surface area contributed by atoms with E-state index in [1.807, 2.05) is 19.1 Å². The molecule has 3 rings (SSSR count). The van der Waals surface area contributed by atoms with E-state index in [0.717, 1.165) is 35.4 Å². The zero-order chi connectivity index (χ0) is 16.9. The molecule has 3 N–H and O–H groups in total. The van der Waals surface area contributed by atoms with Gasteiger partial charge in [-0.05, 0) is 67.0 Å². The lowest BCUT2D eigenvalue weighted by atomic mass is 9.90. The highest BCUT2D eigenvalue weighted by Crippen LogP contribution is 2.27. The molecule has 4 nitrogen and oxygen atoms in total. The topological polar surface area (TPSA) is 59.6 Å². The van der Waals surface area contributed by atoms with E-state index in [9.17, 15) is 0 Å². The number of ether oxygens (including phenoxy) is 1. The number of anilines is 1. The summed E-state index contributed by atoms with van der Waals surface area (Å²) in [4.78, 5) is 4.48. The monoisotopic (exact) mass is 451 g/mol. The Morgan fingerprint density at radius 1 is 1.20 bits per heavy atom. The molecule has 25 heavy (non-hydrogen) atoms. The lowest BCUT2D eigenvalue weighted by Gasteiger charge is -2.19. The Labute approximate surface area is 166 Å². The predicted molar refractivity (Wildman–Crippen MR) is 115 cm³/mol. The Morgan fingerprint density at radius 3 is 2.76 bits per heavy atom. The zero-order valence-corrected chi connectivity index (χ0v) is 17.2. The lowest BCUT2D eigenvalue weighted by molar-refractivity contribution is 0.411. The predicted octanol–water partition coefficient (Wildman–Crippen LogP) is 4.43. The minimum atomic E-state index is 0. The Morgan fingerprint density at radius 2 is 2.00 bits per heavy atom. The molecule has 0 radical (unpaired) electrons. The summed E-state index contributed by atoms with van der Waals surface area (Å²) in [5.41, 5.74) is 12.2. The van der Waals surface area contributed by atoms with Gasteiger partial charge >= 0.3 is 0 Å². The molecule has 0 amide bonds. The Bertz CT molecular complexity index is 759. The maximum atomic E-state index is 6.10. The van der Waals surface area contributed by atoms with Crippen molar-refractivity contribution >= 4 is 35.6 Å². The van der Waals surface area contributed by atoms with E-state index in [2.05, 4.69) is 34.6 Å². The molecular formula is C20H26IN3O. The first-order chi connectivity index (χ1) is 11.7. The van der Waals surface area contributed by atoms with Crippen molar-refractivity contribution in [2.75, 3.05) is 12.4 Å². The SMILES string of the molecule is COc1ccc(CN=C(N)Nc2cccc3c2CCCC3)cc1C.I. The molecule has 0 spiro atoms. The van der Waals surface area contributed by atoms with Crippen LogP contribution in [0.3, 0.4) is 0 Å². The third kappa shape index (κ3) is 4.87. The summed E-state index contributed by atoms with van der Waals surface area (Å²) >= 11 is 0. The van der Waals surface area contributed by atoms with Gasteiger partial charge in [-0.2, -0.15) is 0 Å². The van der Waals surface area contributed by atoms with Crippen LogP contribution in [0, 0.1) is 6.92 Å². The molecule has 1 aliphatic carbocycles. The summed E-state index contributed by atoms with van der Waals surface area (Å²) < 4.78 is 5.28. The van der Waals surface area contributed by atoms with Gasteiger partial charge < -0.3 is 15.8 Å². The van der Waals surface area contributed by atoms with Crippen LogP contribution in [0.25, 0.3) is 0 Å². The van der Waals surface area contributed by atoms with Gasteiger partial charge in [0.05, 0.1) is 13.7 Å². The number of methoxy groups -OCH3 is 1. The molecule has 0 unspecified atom stereocenters. The second kappa shape index (κ2) is 9.08. The lowest BCUT2D eigenvalue weighted by Crippen LogP contribution is -2.24. The molecule has 0 heterocycles. The number of rotatable bonds is 4. The minimum Gasteiger partial charge on any atom is -0.496 e. The van der Waals surface area contributed by atoms with Gasteiger partial charge in [0, 0.05) is 5.69 Å². The van der Waals surface area contributed by atoms with E-state index in [1.165, 1.54) is 24.0 Å². The number of benzene rings is 2. The first kappa shape index (κ1) is 19.6. The number of hydrogen-bond donors (Lipinski definition) is 2. The number of aliphatic imine (C=N–C) groups is 1. The molecule has 0 saturated carbocycles. The molecule has 0 saturated heterocycles. The molecule has 2 aromatic carbocycles. The van der Waals surface area contributed by atoms with Crippen molar-refractivity contribution < 1.29 is 4.74 Å². The third-order valence-electron chi connectivity index (χ3n) is 4.55. The van der Waals surface area contributed by atoms with Crippen molar-refractivity contribution in [2.24, 2.45) is 10.7 Å². The van der Waals surface area contributed by atoms with Crippen LogP contribution in [0.1, 0.15) is 35.1 Å². The van der Waals surface area contributed by atoms with Crippen molar-refractivity contribution in [2.45, 2.75) is 39.2 Å². The number of hydrogen-bond acceptors (Lipinski definition) is 2. The Balaban J connectivity index is 0.00000225. The van der Waals surface area contributed by atoms with Gasteiger partial charge in [0.1, 0.15) is 5.75 Å². The summed E-state index contributed by atoms with van der Waals surface area (Å²) in [6.07, 6.45) is 4.79. The third-order valence-corrected chi connectivity index (χ3v) is 4.55. The van der Waals surface area contributed by atoms with Crippen LogP contribution in [0.15, 0.2) is 41.4 Å². The number of guanidine groups is 1.